The SMILES string of the molecule is N#Cc1cn2c(N(Cc3c(F)ccc4c3CCO4)C(=O)O)ncc(-c3ccn[nH]3)c2n1. The van der Waals surface area contributed by atoms with Crippen molar-refractivity contribution in [2.75, 3.05) is 11.5 Å². The number of carboxylic acid groups (broad SMARTS) is 1. The summed E-state index contributed by atoms with van der Waals surface area (Å²) >= 11 is 0. The van der Waals surface area contributed by atoms with Crippen LogP contribution in [0.4, 0.5) is 15.1 Å². The number of fused-ring (bicyclic) bond motifs is 2. The average Bonchev–Trinajstić information content (AvgIpc) is 3.52. The second kappa shape index (κ2) is 7.10. The Morgan fingerprint density at radius 3 is 3.03 bits per heavy atom. The first-order valence-corrected chi connectivity index (χ1v) is 9.28. The number of rotatable bonds is 4. The Labute approximate surface area is 174 Å². The van der Waals surface area contributed by atoms with Crippen molar-refractivity contribution >= 4 is 17.7 Å². The van der Waals surface area contributed by atoms with Gasteiger partial charge in [0, 0.05) is 29.9 Å². The van der Waals surface area contributed by atoms with E-state index in [4.69, 9.17) is 4.74 Å². The molecule has 0 saturated carbocycles. The number of amides is 1. The molecule has 1 aliphatic rings. The largest absolute Gasteiger partial charge is 0.493 e. The lowest BCUT2D eigenvalue weighted by Crippen LogP contribution is -2.32. The van der Waals surface area contributed by atoms with Crippen LogP contribution < -0.4 is 9.64 Å². The van der Waals surface area contributed by atoms with Crippen LogP contribution in [-0.2, 0) is 13.0 Å². The van der Waals surface area contributed by atoms with Gasteiger partial charge in [-0.05, 0) is 18.2 Å². The van der Waals surface area contributed by atoms with Crippen LogP contribution in [0.2, 0.25) is 0 Å². The number of H-pyrrole nitrogens is 1. The number of hydrogen-bond acceptors (Lipinski definition) is 6. The number of ether oxygens (including phenoxy) is 1. The second-order valence-electron chi connectivity index (χ2n) is 6.84. The highest BCUT2D eigenvalue weighted by Gasteiger charge is 2.27. The van der Waals surface area contributed by atoms with E-state index in [1.54, 1.807) is 12.3 Å². The highest BCUT2D eigenvalue weighted by molar-refractivity contribution is 5.86. The van der Waals surface area contributed by atoms with E-state index in [9.17, 15) is 19.6 Å². The summed E-state index contributed by atoms with van der Waals surface area (Å²) in [5.41, 5.74) is 2.41. The molecule has 1 aromatic carbocycles. The predicted molar refractivity (Wildman–Crippen MR) is 105 cm³/mol. The standard InChI is InChI=1S/C20H14FN7O3/c21-15-1-2-17-12(4-6-31-17)14(15)10-28(20(29)30)19-23-8-13(16-3-5-24-26-16)18-25-11(7-22)9-27(18)19/h1-3,5,8-9H,4,6,10H2,(H,24,26)(H,29,30). The Morgan fingerprint density at radius 2 is 2.29 bits per heavy atom. The van der Waals surface area contributed by atoms with E-state index in [0.29, 0.717) is 41.2 Å². The number of anilines is 1. The van der Waals surface area contributed by atoms with Gasteiger partial charge in [0.2, 0.25) is 5.95 Å². The molecule has 0 fully saturated rings. The van der Waals surface area contributed by atoms with E-state index < -0.39 is 11.9 Å². The Kier molecular flexibility index (Phi) is 4.25. The summed E-state index contributed by atoms with van der Waals surface area (Å²) in [6.07, 6.45) is 3.55. The van der Waals surface area contributed by atoms with Gasteiger partial charge in [-0.3, -0.25) is 9.50 Å². The molecule has 31 heavy (non-hydrogen) atoms. The Morgan fingerprint density at radius 1 is 1.42 bits per heavy atom. The summed E-state index contributed by atoms with van der Waals surface area (Å²) in [5, 5.41) is 25.9. The van der Waals surface area contributed by atoms with Crippen LogP contribution in [0.1, 0.15) is 16.8 Å². The summed E-state index contributed by atoms with van der Waals surface area (Å²) in [4.78, 5) is 21.7. The maximum Gasteiger partial charge on any atom is 0.414 e. The quantitative estimate of drug-likeness (QED) is 0.520. The fourth-order valence-corrected chi connectivity index (χ4v) is 3.68. The number of halogens is 1. The molecule has 0 spiro atoms. The van der Waals surface area contributed by atoms with Gasteiger partial charge in [-0.25, -0.2) is 24.1 Å². The van der Waals surface area contributed by atoms with Gasteiger partial charge in [0.15, 0.2) is 11.3 Å². The molecule has 5 rings (SSSR count). The fourth-order valence-electron chi connectivity index (χ4n) is 3.68. The molecule has 0 bridgehead atoms. The normalized spacial score (nSPS) is 12.4. The van der Waals surface area contributed by atoms with Crippen molar-refractivity contribution in [1.82, 2.24) is 24.6 Å². The zero-order valence-corrected chi connectivity index (χ0v) is 15.9. The van der Waals surface area contributed by atoms with Crippen LogP contribution in [0.25, 0.3) is 16.9 Å². The first-order valence-electron chi connectivity index (χ1n) is 9.28. The molecule has 11 heteroatoms. The maximum atomic E-state index is 14.6. The van der Waals surface area contributed by atoms with Gasteiger partial charge in [-0.15, -0.1) is 0 Å². The number of nitrogens with one attached hydrogen (secondary N) is 1. The monoisotopic (exact) mass is 419 g/mol. The first-order chi connectivity index (χ1) is 15.1. The number of imidazole rings is 1. The Balaban J connectivity index is 1.66. The Bertz CT molecular complexity index is 1360. The van der Waals surface area contributed by atoms with E-state index in [1.807, 2.05) is 6.07 Å². The molecule has 2 N–H and O–H groups in total. The van der Waals surface area contributed by atoms with Crippen LogP contribution in [0.15, 0.2) is 36.8 Å². The number of nitrogens with zero attached hydrogens (tertiary/aromatic N) is 6. The van der Waals surface area contributed by atoms with Gasteiger partial charge < -0.3 is 9.84 Å². The lowest BCUT2D eigenvalue weighted by atomic mass is 10.0. The minimum atomic E-state index is -1.33. The summed E-state index contributed by atoms with van der Waals surface area (Å²) in [7, 11) is 0. The van der Waals surface area contributed by atoms with Crippen LogP contribution in [0, 0.1) is 17.1 Å². The molecule has 4 heterocycles. The van der Waals surface area contributed by atoms with Gasteiger partial charge in [-0.2, -0.15) is 10.4 Å². The van der Waals surface area contributed by atoms with Crippen molar-refractivity contribution in [3.63, 3.8) is 0 Å². The number of aromatic nitrogens is 5. The molecule has 0 radical (unpaired) electrons. The van der Waals surface area contributed by atoms with E-state index in [0.717, 1.165) is 4.90 Å². The predicted octanol–water partition coefficient (Wildman–Crippen LogP) is 2.75. The highest BCUT2D eigenvalue weighted by Crippen LogP contribution is 2.32. The molecule has 0 aliphatic carbocycles. The van der Waals surface area contributed by atoms with Gasteiger partial charge >= 0.3 is 6.09 Å². The third kappa shape index (κ3) is 3.01. The lowest BCUT2D eigenvalue weighted by molar-refractivity contribution is 0.201. The van der Waals surface area contributed by atoms with E-state index >= 15 is 0 Å². The molecule has 3 aromatic heterocycles. The maximum absolute atomic E-state index is 14.6. The summed E-state index contributed by atoms with van der Waals surface area (Å²) in [6, 6.07) is 6.45. The summed E-state index contributed by atoms with van der Waals surface area (Å²) in [5.74, 6) is 0.00341. The van der Waals surface area contributed by atoms with E-state index in [2.05, 4.69) is 20.2 Å². The van der Waals surface area contributed by atoms with Gasteiger partial charge in [0.05, 0.1) is 30.6 Å². The summed E-state index contributed by atoms with van der Waals surface area (Å²) < 4.78 is 21.5. The summed E-state index contributed by atoms with van der Waals surface area (Å²) in [6.45, 7) is 0.132. The zero-order valence-electron chi connectivity index (χ0n) is 15.9. The number of hydrogen-bond donors (Lipinski definition) is 2. The third-order valence-corrected chi connectivity index (χ3v) is 5.11. The minimum Gasteiger partial charge on any atom is -0.493 e. The van der Waals surface area contributed by atoms with Crippen LogP contribution in [0.5, 0.6) is 5.75 Å². The molecule has 0 saturated heterocycles. The number of nitriles is 1. The van der Waals surface area contributed by atoms with Gasteiger partial charge in [0.1, 0.15) is 17.6 Å². The van der Waals surface area contributed by atoms with Crippen LogP contribution in [-0.4, -0.2) is 42.4 Å². The van der Waals surface area contributed by atoms with Gasteiger partial charge in [0.25, 0.3) is 0 Å². The molecule has 0 atom stereocenters. The molecule has 1 aliphatic heterocycles. The average molecular weight is 419 g/mol. The first kappa shape index (κ1) is 18.6. The van der Waals surface area contributed by atoms with Crippen molar-refractivity contribution in [2.24, 2.45) is 0 Å². The third-order valence-electron chi connectivity index (χ3n) is 5.11. The number of benzene rings is 1. The van der Waals surface area contributed by atoms with Crippen molar-refractivity contribution < 1.29 is 19.0 Å². The van der Waals surface area contributed by atoms with E-state index in [1.165, 1.54) is 28.9 Å². The van der Waals surface area contributed by atoms with Crippen molar-refractivity contribution in [2.45, 2.75) is 13.0 Å². The molecule has 4 aromatic rings. The fraction of sp³-hybridized carbons (Fsp3) is 0.150. The molecular formula is C20H14FN7O3. The highest BCUT2D eigenvalue weighted by atomic mass is 19.1. The molecule has 0 unspecified atom stereocenters. The zero-order chi connectivity index (χ0) is 21.5. The molecular weight excluding hydrogens is 405 g/mol. The van der Waals surface area contributed by atoms with Crippen molar-refractivity contribution in [3.05, 3.63) is 59.4 Å². The van der Waals surface area contributed by atoms with Crippen molar-refractivity contribution in [1.29, 1.82) is 5.26 Å². The van der Waals surface area contributed by atoms with Crippen LogP contribution >= 0.6 is 0 Å². The molecule has 154 valence electrons. The second-order valence-corrected chi connectivity index (χ2v) is 6.84. The van der Waals surface area contributed by atoms with E-state index in [-0.39, 0.29) is 23.8 Å². The molecule has 10 nitrogen and oxygen atoms in total. The smallest absolute Gasteiger partial charge is 0.414 e. The molecule has 1 amide bonds. The van der Waals surface area contributed by atoms with Crippen LogP contribution in [0.3, 0.4) is 0 Å². The van der Waals surface area contributed by atoms with Crippen molar-refractivity contribution in [3.8, 4) is 23.1 Å². The number of aromatic amines is 1. The van der Waals surface area contributed by atoms with Gasteiger partial charge in [-0.1, -0.05) is 0 Å². The topological polar surface area (TPSA) is 132 Å². The number of carbonyl (C=O) groups is 1. The lowest BCUT2D eigenvalue weighted by Gasteiger charge is -2.21. The Hall–Kier alpha value is -4.46. The minimum absolute atomic E-state index is 0.0179.